The Kier molecular flexibility index (Phi) is 5.26. The summed E-state index contributed by atoms with van der Waals surface area (Å²) in [6.45, 7) is 14.3. The van der Waals surface area contributed by atoms with E-state index in [1.54, 1.807) is 0 Å². The molecular weight excluding hydrogens is 198 g/mol. The van der Waals surface area contributed by atoms with Gasteiger partial charge in [0.05, 0.1) is 6.61 Å². The maximum atomic E-state index is 5.84. The number of hydrogen-bond acceptors (Lipinski definition) is 2. The molecule has 1 saturated carbocycles. The molecule has 1 aliphatic carbocycles. The molecule has 1 N–H and O–H groups in total. The summed E-state index contributed by atoms with van der Waals surface area (Å²) < 4.78 is 5.84. The molecule has 1 rings (SSSR count). The molecule has 0 aromatic rings. The van der Waals surface area contributed by atoms with Crippen LogP contribution in [0, 0.1) is 17.3 Å². The zero-order valence-corrected chi connectivity index (χ0v) is 11.7. The Morgan fingerprint density at radius 2 is 1.88 bits per heavy atom. The molecule has 0 aromatic heterocycles. The van der Waals surface area contributed by atoms with Crippen LogP contribution in [0.25, 0.3) is 0 Å². The molecule has 0 spiro atoms. The highest BCUT2D eigenvalue weighted by molar-refractivity contribution is 4.78. The van der Waals surface area contributed by atoms with Gasteiger partial charge in [0, 0.05) is 19.2 Å². The van der Waals surface area contributed by atoms with Crippen LogP contribution in [-0.2, 0) is 4.74 Å². The monoisotopic (exact) mass is 227 g/mol. The molecule has 0 saturated heterocycles. The van der Waals surface area contributed by atoms with E-state index in [-0.39, 0.29) is 0 Å². The Bertz CT molecular complexity index is 191. The summed E-state index contributed by atoms with van der Waals surface area (Å²) in [7, 11) is 0. The number of nitrogens with one attached hydrogen (secondary N) is 1. The molecule has 2 nitrogen and oxygen atoms in total. The van der Waals surface area contributed by atoms with Crippen LogP contribution >= 0.6 is 0 Å². The van der Waals surface area contributed by atoms with Crippen LogP contribution in [-0.4, -0.2) is 25.8 Å². The molecular formula is C14H29NO. The smallest absolute Gasteiger partial charge is 0.0511 e. The van der Waals surface area contributed by atoms with Crippen molar-refractivity contribution in [1.82, 2.24) is 5.32 Å². The van der Waals surface area contributed by atoms with Crippen LogP contribution < -0.4 is 5.32 Å². The lowest BCUT2D eigenvalue weighted by atomic mass is 9.81. The van der Waals surface area contributed by atoms with Crippen molar-refractivity contribution < 1.29 is 4.74 Å². The molecule has 1 aliphatic rings. The third-order valence-corrected chi connectivity index (χ3v) is 3.37. The van der Waals surface area contributed by atoms with Crippen LogP contribution in [0.1, 0.15) is 47.5 Å². The standard InChI is InChI=1S/C14H29NO/c1-11(2)15-8-13(14(3,4)5)10-16-9-12-6-7-12/h11-13,15H,6-10H2,1-5H3. The third-order valence-electron chi connectivity index (χ3n) is 3.37. The van der Waals surface area contributed by atoms with Gasteiger partial charge in [-0.2, -0.15) is 0 Å². The van der Waals surface area contributed by atoms with E-state index in [0.29, 0.717) is 17.4 Å². The quantitative estimate of drug-likeness (QED) is 0.721. The molecule has 96 valence electrons. The molecule has 0 radical (unpaired) electrons. The van der Waals surface area contributed by atoms with E-state index in [1.807, 2.05) is 0 Å². The fraction of sp³-hybridized carbons (Fsp3) is 1.00. The van der Waals surface area contributed by atoms with E-state index in [1.165, 1.54) is 12.8 Å². The average molecular weight is 227 g/mol. The summed E-state index contributed by atoms with van der Waals surface area (Å²) in [6.07, 6.45) is 2.76. The number of ether oxygens (including phenoxy) is 1. The van der Waals surface area contributed by atoms with Gasteiger partial charge >= 0.3 is 0 Å². The van der Waals surface area contributed by atoms with Crippen molar-refractivity contribution in [2.24, 2.45) is 17.3 Å². The SMILES string of the molecule is CC(C)NCC(COCC1CC1)C(C)(C)C. The summed E-state index contributed by atoms with van der Waals surface area (Å²) in [4.78, 5) is 0. The van der Waals surface area contributed by atoms with Gasteiger partial charge in [0.2, 0.25) is 0 Å². The normalized spacial score (nSPS) is 19.1. The van der Waals surface area contributed by atoms with Gasteiger partial charge in [-0.15, -0.1) is 0 Å². The second kappa shape index (κ2) is 6.02. The first-order valence-electron chi connectivity index (χ1n) is 6.70. The first-order valence-corrected chi connectivity index (χ1v) is 6.70. The van der Waals surface area contributed by atoms with Crippen molar-refractivity contribution in [3.05, 3.63) is 0 Å². The van der Waals surface area contributed by atoms with Crippen LogP contribution in [0.3, 0.4) is 0 Å². The highest BCUT2D eigenvalue weighted by Gasteiger charge is 2.26. The van der Waals surface area contributed by atoms with E-state index in [4.69, 9.17) is 4.74 Å². The second-order valence-corrected chi connectivity index (χ2v) is 6.61. The molecule has 0 heterocycles. The summed E-state index contributed by atoms with van der Waals surface area (Å²) >= 11 is 0. The molecule has 0 amide bonds. The van der Waals surface area contributed by atoms with Crippen molar-refractivity contribution in [1.29, 1.82) is 0 Å². The fourth-order valence-electron chi connectivity index (χ4n) is 1.65. The second-order valence-electron chi connectivity index (χ2n) is 6.61. The minimum absolute atomic E-state index is 0.325. The van der Waals surface area contributed by atoms with Gasteiger partial charge in [0.1, 0.15) is 0 Å². The summed E-state index contributed by atoms with van der Waals surface area (Å²) in [5, 5.41) is 3.53. The van der Waals surface area contributed by atoms with Gasteiger partial charge < -0.3 is 10.1 Å². The van der Waals surface area contributed by atoms with Gasteiger partial charge in [0.25, 0.3) is 0 Å². The molecule has 0 aliphatic heterocycles. The number of hydrogen-bond donors (Lipinski definition) is 1. The van der Waals surface area contributed by atoms with E-state index in [9.17, 15) is 0 Å². The number of rotatable bonds is 7. The summed E-state index contributed by atoms with van der Waals surface area (Å²) in [5.41, 5.74) is 0.325. The Morgan fingerprint density at radius 3 is 2.31 bits per heavy atom. The largest absolute Gasteiger partial charge is 0.381 e. The van der Waals surface area contributed by atoms with E-state index in [2.05, 4.69) is 39.9 Å². The highest BCUT2D eigenvalue weighted by Crippen LogP contribution is 2.30. The van der Waals surface area contributed by atoms with Crippen LogP contribution in [0.4, 0.5) is 0 Å². The Hall–Kier alpha value is -0.0800. The molecule has 1 atom stereocenters. The molecule has 16 heavy (non-hydrogen) atoms. The Balaban J connectivity index is 2.24. The van der Waals surface area contributed by atoms with E-state index in [0.717, 1.165) is 25.7 Å². The third kappa shape index (κ3) is 5.86. The summed E-state index contributed by atoms with van der Waals surface area (Å²) in [6, 6.07) is 0.563. The minimum atomic E-state index is 0.325. The molecule has 0 bridgehead atoms. The molecule has 1 unspecified atom stereocenters. The van der Waals surface area contributed by atoms with Gasteiger partial charge in [-0.25, -0.2) is 0 Å². The van der Waals surface area contributed by atoms with Crippen molar-refractivity contribution in [3.8, 4) is 0 Å². The minimum Gasteiger partial charge on any atom is -0.381 e. The first kappa shape index (κ1) is 14.0. The first-order chi connectivity index (χ1) is 7.39. The molecule has 0 aromatic carbocycles. The fourth-order valence-corrected chi connectivity index (χ4v) is 1.65. The van der Waals surface area contributed by atoms with Gasteiger partial charge in [-0.05, 0) is 30.1 Å². The van der Waals surface area contributed by atoms with Crippen LogP contribution in [0.15, 0.2) is 0 Å². The lowest BCUT2D eigenvalue weighted by Crippen LogP contribution is -2.38. The van der Waals surface area contributed by atoms with Crippen LogP contribution in [0.2, 0.25) is 0 Å². The highest BCUT2D eigenvalue weighted by atomic mass is 16.5. The Morgan fingerprint density at radius 1 is 1.25 bits per heavy atom. The van der Waals surface area contributed by atoms with Gasteiger partial charge in [-0.1, -0.05) is 34.6 Å². The van der Waals surface area contributed by atoms with E-state index < -0.39 is 0 Å². The Labute approximate surface area is 101 Å². The topological polar surface area (TPSA) is 21.3 Å². The van der Waals surface area contributed by atoms with Crippen LogP contribution in [0.5, 0.6) is 0 Å². The van der Waals surface area contributed by atoms with Gasteiger partial charge in [-0.3, -0.25) is 0 Å². The van der Waals surface area contributed by atoms with Crippen molar-refractivity contribution in [2.75, 3.05) is 19.8 Å². The lowest BCUT2D eigenvalue weighted by Gasteiger charge is -2.31. The maximum absolute atomic E-state index is 5.84. The molecule has 1 fully saturated rings. The predicted molar refractivity (Wildman–Crippen MR) is 69.6 cm³/mol. The zero-order valence-electron chi connectivity index (χ0n) is 11.7. The summed E-state index contributed by atoms with van der Waals surface area (Å²) in [5.74, 6) is 1.48. The van der Waals surface area contributed by atoms with Crippen molar-refractivity contribution in [3.63, 3.8) is 0 Å². The average Bonchev–Trinajstić information content (AvgIpc) is 2.91. The zero-order chi connectivity index (χ0) is 12.2. The lowest BCUT2D eigenvalue weighted by molar-refractivity contribution is 0.0489. The predicted octanol–water partition coefficient (Wildman–Crippen LogP) is 3.07. The van der Waals surface area contributed by atoms with E-state index >= 15 is 0 Å². The molecule has 2 heteroatoms. The van der Waals surface area contributed by atoms with Crippen molar-refractivity contribution >= 4 is 0 Å². The maximum Gasteiger partial charge on any atom is 0.0511 e. The van der Waals surface area contributed by atoms with Gasteiger partial charge in [0.15, 0.2) is 0 Å². The van der Waals surface area contributed by atoms with Crippen molar-refractivity contribution in [2.45, 2.75) is 53.5 Å².